The number of hydrogen-bond acceptors (Lipinski definition) is 4. The molecule has 0 atom stereocenters. The van der Waals surface area contributed by atoms with E-state index in [1.807, 2.05) is 72.8 Å². The van der Waals surface area contributed by atoms with Gasteiger partial charge in [-0.1, -0.05) is 133 Å². The van der Waals surface area contributed by atoms with Gasteiger partial charge in [-0.3, -0.25) is 0 Å². The maximum Gasteiger partial charge on any atom is -0.0878 e. The van der Waals surface area contributed by atoms with Gasteiger partial charge in [0.25, 0.3) is 0 Å². The van der Waals surface area contributed by atoms with Crippen LogP contribution in [0.5, 0.6) is 11.5 Å². The first-order valence-electron chi connectivity index (χ1n) is 21.2. The molecule has 0 aliphatic carbocycles. The monoisotopic (exact) mass is 1160 g/mol. The average molecular weight is 1160 g/mol. The number of aromatic hydroxyl groups is 2. The van der Waals surface area contributed by atoms with E-state index < -0.39 is 0 Å². The van der Waals surface area contributed by atoms with Crippen LogP contribution in [0.1, 0.15) is 178 Å². The minimum atomic E-state index is 0.146. The summed E-state index contributed by atoms with van der Waals surface area (Å²) in [5, 5.41) is 37.9. The van der Waals surface area contributed by atoms with E-state index in [2.05, 4.69) is 131 Å². The van der Waals surface area contributed by atoms with Gasteiger partial charge in [0.2, 0.25) is 0 Å². The number of aryl methyl sites for hydroxylation is 2. The van der Waals surface area contributed by atoms with E-state index >= 15 is 0 Å². The molecule has 0 fully saturated rings. The summed E-state index contributed by atoms with van der Waals surface area (Å²) in [7, 11) is 0. The van der Waals surface area contributed by atoms with Crippen LogP contribution in [0.3, 0.4) is 0 Å². The average Bonchev–Trinajstić information content (AvgIpc) is 3.15. The van der Waals surface area contributed by atoms with Crippen molar-refractivity contribution in [2.45, 2.75) is 160 Å². The van der Waals surface area contributed by atoms with Gasteiger partial charge in [0.05, 0.1) is 0 Å². The van der Waals surface area contributed by atoms with Crippen molar-refractivity contribution in [3.05, 3.63) is 143 Å². The van der Waals surface area contributed by atoms with Gasteiger partial charge in [0, 0.05) is 0 Å². The maximum atomic E-state index is 9.93. The molecule has 0 unspecified atom stereocenters. The third-order valence-corrected chi connectivity index (χ3v) is 9.72. The van der Waals surface area contributed by atoms with Gasteiger partial charge >= 0.3 is 167 Å². The van der Waals surface area contributed by atoms with Crippen LogP contribution in [-0.2, 0) is 64.4 Å². The Balaban J connectivity index is 0. The zero-order valence-electron chi connectivity index (χ0n) is 39.7. The Morgan fingerprint density at radius 1 is 0.450 bits per heavy atom. The number of aliphatic hydroxyl groups excluding tert-OH is 2. The second-order valence-corrected chi connectivity index (χ2v) is 20.5. The van der Waals surface area contributed by atoms with Gasteiger partial charge in [-0.25, -0.2) is 0 Å². The molecule has 0 saturated carbocycles. The summed E-state index contributed by atoms with van der Waals surface area (Å²) in [6, 6.07) is 28.0. The molecule has 0 radical (unpaired) electrons. The molecule has 0 aliphatic rings. The van der Waals surface area contributed by atoms with Gasteiger partial charge in [-0.2, -0.15) is 10.8 Å². The van der Waals surface area contributed by atoms with Gasteiger partial charge in [0.15, 0.2) is 0 Å². The molecule has 4 rings (SSSR count). The third kappa shape index (κ3) is 28.8. The van der Waals surface area contributed by atoms with Crippen LogP contribution >= 0.6 is 0 Å². The molecule has 0 saturated heterocycles. The Kier molecular flexibility index (Phi) is 31.8. The molecule has 0 heterocycles. The van der Waals surface area contributed by atoms with Crippen molar-refractivity contribution in [2.24, 2.45) is 10.8 Å². The molecule has 4 aromatic rings. The molecule has 0 spiro atoms. The normalized spacial score (nSPS) is 10.6. The van der Waals surface area contributed by atoms with Crippen LogP contribution in [0, 0.1) is 33.1 Å². The first-order valence-corrected chi connectivity index (χ1v) is 24.2. The minimum Gasteiger partial charge on any atom is -0.338 e. The van der Waals surface area contributed by atoms with Crippen molar-refractivity contribution < 1.29 is 58.7 Å². The van der Waals surface area contributed by atoms with Crippen LogP contribution in [0.25, 0.3) is 0 Å². The summed E-state index contributed by atoms with van der Waals surface area (Å²) in [6.45, 7) is 37.1. The fourth-order valence-electron chi connectivity index (χ4n) is 5.31. The summed E-state index contributed by atoms with van der Waals surface area (Å²) in [4.78, 5) is 0. The van der Waals surface area contributed by atoms with Crippen LogP contribution in [0.15, 0.2) is 84.9 Å². The van der Waals surface area contributed by atoms with Gasteiger partial charge in [-0.05, 0) is 45.9 Å². The number of para-hydroxylation sites is 2. The third-order valence-electron chi connectivity index (χ3n) is 8.26. The fraction of sp³-hybridized carbons (Fsp3) is 0.481. The molecule has 60 heavy (non-hydrogen) atoms. The predicted molar refractivity (Wildman–Crippen MR) is 251 cm³/mol. The van der Waals surface area contributed by atoms with E-state index in [0.29, 0.717) is 35.2 Å². The first kappa shape index (κ1) is 59.4. The van der Waals surface area contributed by atoms with Crippen LogP contribution in [-0.4, -0.2) is 20.4 Å². The number of benzene rings is 4. The molecule has 0 aromatic heterocycles. The van der Waals surface area contributed by atoms with Crippen molar-refractivity contribution in [1.29, 1.82) is 0 Å². The van der Waals surface area contributed by atoms with E-state index in [0.717, 1.165) is 59.1 Å². The molecule has 0 bridgehead atoms. The van der Waals surface area contributed by atoms with E-state index in [9.17, 15) is 10.2 Å². The summed E-state index contributed by atoms with van der Waals surface area (Å²) in [6.07, 6.45) is 3.99. The molecule has 332 valence electrons. The molecular formula is C54H80O4W2. The zero-order chi connectivity index (χ0) is 46.6. The maximum absolute atomic E-state index is 9.93. The van der Waals surface area contributed by atoms with Crippen molar-refractivity contribution in [2.75, 3.05) is 0 Å². The van der Waals surface area contributed by atoms with Crippen molar-refractivity contribution in [3.8, 4) is 19.9 Å². The molecule has 0 amide bonds. The number of rotatable bonds is 10. The molecule has 4 nitrogen and oxygen atoms in total. The molecule has 4 aromatic carbocycles. The summed E-state index contributed by atoms with van der Waals surface area (Å²) < 4.78 is 6.34. The first-order chi connectivity index (χ1) is 27.8. The summed E-state index contributed by atoms with van der Waals surface area (Å²) in [5.41, 5.74) is 9.27. The van der Waals surface area contributed by atoms with Crippen molar-refractivity contribution >= 4 is 0 Å². The van der Waals surface area contributed by atoms with E-state index in [1.54, 1.807) is 0 Å². The Labute approximate surface area is 389 Å². The molecule has 4 N–H and O–H groups in total. The quantitative estimate of drug-likeness (QED) is 0.119. The second-order valence-electron chi connectivity index (χ2n) is 18.5. The van der Waals surface area contributed by atoms with Crippen LogP contribution < -0.4 is 0 Å². The molecular weight excluding hydrogens is 1080 g/mol. The van der Waals surface area contributed by atoms with Crippen LogP contribution in [0.4, 0.5) is 0 Å². The smallest absolute Gasteiger partial charge is 0.0878 e. The Hall–Kier alpha value is -2.66. The molecule has 6 heteroatoms. The number of hydrogen-bond donors (Lipinski definition) is 4. The summed E-state index contributed by atoms with van der Waals surface area (Å²) in [5.74, 6) is 2.51. The van der Waals surface area contributed by atoms with Gasteiger partial charge in [-0.15, -0.1) is 0 Å². The Bertz CT molecular complexity index is 1630. The molecule has 0 aliphatic heterocycles. The van der Waals surface area contributed by atoms with E-state index in [-0.39, 0.29) is 24.0 Å². The summed E-state index contributed by atoms with van der Waals surface area (Å²) >= 11 is 2.79. The van der Waals surface area contributed by atoms with Crippen molar-refractivity contribution in [3.63, 3.8) is 0 Å². The number of aliphatic hydroxyl groups is 2. The van der Waals surface area contributed by atoms with Gasteiger partial charge < -0.3 is 24.1 Å². The Morgan fingerprint density at radius 3 is 0.850 bits per heavy atom. The SMILES string of the molecule is CC(C)c1cccc(C(C)C)c1O.CC(C)c1cccc(C(C)C)c1O.OCc1ccccc1CC[C]#[W+].OCc1ccccc1CC[C]#[W+].[CH2-]C(C)(C)C.[CH2-]C(C)(C)C. The number of phenolic OH excluding ortho intramolecular Hbond substituents is 2. The second kappa shape index (κ2) is 32.1. The Morgan fingerprint density at radius 2 is 0.667 bits per heavy atom. The standard InChI is InChI=1S/2C12H18O.2C10H11O.2C5H11.2W/c2*1-8(2)10-6-5-7-11(9(3)4)12(10)13;2*1-2-5-9-6-3-4-7-10(9)8-11;2*1-5(2,3)4;;/h2*5-9,13H,1-4H3;2*3-4,6-7,11H,2,5,8H2;2*1H2,2-4H3;;/q;;;;2*-1;2*+1. The van der Waals surface area contributed by atoms with Crippen LogP contribution in [0.2, 0.25) is 0 Å². The van der Waals surface area contributed by atoms with Crippen molar-refractivity contribution in [1.82, 2.24) is 0 Å². The van der Waals surface area contributed by atoms with E-state index in [1.165, 1.54) is 49.4 Å². The minimum absolute atomic E-state index is 0.146. The predicted octanol–water partition coefficient (Wildman–Crippen LogP) is 14.2. The largest absolute Gasteiger partial charge is 0.338 e. The van der Waals surface area contributed by atoms with E-state index in [4.69, 9.17) is 10.2 Å². The zero-order valence-corrected chi connectivity index (χ0v) is 45.5. The van der Waals surface area contributed by atoms with Gasteiger partial charge in [0.1, 0.15) is 11.5 Å². The number of phenols is 2. The topological polar surface area (TPSA) is 80.9 Å². The fourth-order valence-corrected chi connectivity index (χ4v) is 6.04.